The first-order chi connectivity index (χ1) is 9.13. The molecule has 0 spiro atoms. The van der Waals surface area contributed by atoms with E-state index in [0.29, 0.717) is 0 Å². The van der Waals surface area contributed by atoms with E-state index in [2.05, 4.69) is 5.32 Å². The molecule has 1 N–H and O–H groups in total. The lowest BCUT2D eigenvalue weighted by atomic mass is 9.89. The van der Waals surface area contributed by atoms with E-state index in [0.717, 1.165) is 42.0 Å². The molecule has 1 nitrogen and oxygen atoms in total. The maximum Gasteiger partial charge on any atom is 0.129 e. The van der Waals surface area contributed by atoms with Crippen LogP contribution >= 0.6 is 0 Å². The number of hydrogen-bond donors (Lipinski definition) is 1. The Kier molecular flexibility index (Phi) is 3.62. The molecule has 2 heteroatoms. The highest BCUT2D eigenvalue weighted by Crippen LogP contribution is 2.47. The third kappa shape index (κ3) is 2.69. The van der Waals surface area contributed by atoms with Crippen molar-refractivity contribution in [1.29, 1.82) is 0 Å². The van der Waals surface area contributed by atoms with Crippen molar-refractivity contribution >= 4 is 0 Å². The Morgan fingerprint density at radius 1 is 1.16 bits per heavy atom. The zero-order valence-electron chi connectivity index (χ0n) is 12.0. The van der Waals surface area contributed by atoms with Gasteiger partial charge in [0.1, 0.15) is 5.82 Å². The van der Waals surface area contributed by atoms with Crippen LogP contribution in [0, 0.1) is 37.4 Å². The maximum absolute atomic E-state index is 13.6. The maximum atomic E-state index is 13.6. The van der Waals surface area contributed by atoms with Crippen molar-refractivity contribution in [2.75, 3.05) is 6.54 Å². The van der Waals surface area contributed by atoms with Crippen LogP contribution in [0.5, 0.6) is 0 Å². The summed E-state index contributed by atoms with van der Waals surface area (Å²) >= 11 is 0. The fourth-order valence-corrected chi connectivity index (χ4v) is 4.17. The summed E-state index contributed by atoms with van der Waals surface area (Å²) in [5, 5.41) is 3.58. The summed E-state index contributed by atoms with van der Waals surface area (Å²) in [6, 6.07) is 3.94. The number of halogens is 1. The second-order valence-electron chi connectivity index (χ2n) is 6.61. The lowest BCUT2D eigenvalue weighted by molar-refractivity contribution is 0.318. The highest BCUT2D eigenvalue weighted by Gasteiger charge is 2.38. The number of hydrogen-bond acceptors (Lipinski definition) is 1. The van der Waals surface area contributed by atoms with E-state index in [9.17, 15) is 4.39 Å². The molecule has 2 saturated carbocycles. The Balaban J connectivity index is 1.52. The summed E-state index contributed by atoms with van der Waals surface area (Å²) in [6.45, 7) is 5.70. The van der Waals surface area contributed by atoms with Crippen LogP contribution in [0.4, 0.5) is 4.39 Å². The highest BCUT2D eigenvalue weighted by molar-refractivity contribution is 5.30. The molecule has 0 aliphatic heterocycles. The van der Waals surface area contributed by atoms with Gasteiger partial charge in [0.25, 0.3) is 0 Å². The molecule has 0 saturated heterocycles. The number of rotatable bonds is 4. The summed E-state index contributed by atoms with van der Waals surface area (Å²) in [5.41, 5.74) is 2.73. The molecule has 2 aliphatic rings. The van der Waals surface area contributed by atoms with Crippen molar-refractivity contribution in [2.24, 2.45) is 17.8 Å². The van der Waals surface area contributed by atoms with Gasteiger partial charge in [0, 0.05) is 6.54 Å². The van der Waals surface area contributed by atoms with Crippen molar-refractivity contribution in [3.63, 3.8) is 0 Å². The normalized spacial score (nSPS) is 29.1. The molecule has 2 bridgehead atoms. The van der Waals surface area contributed by atoms with Crippen LogP contribution in [0.25, 0.3) is 0 Å². The SMILES string of the molecule is Cc1cc(CNCC2CC3CCC2C3)cc(C)c1F. The monoisotopic (exact) mass is 261 g/mol. The van der Waals surface area contributed by atoms with Gasteiger partial charge in [-0.3, -0.25) is 0 Å². The van der Waals surface area contributed by atoms with Crippen molar-refractivity contribution < 1.29 is 4.39 Å². The second kappa shape index (κ2) is 5.24. The fraction of sp³-hybridized carbons (Fsp3) is 0.647. The van der Waals surface area contributed by atoms with Crippen LogP contribution in [0.2, 0.25) is 0 Å². The van der Waals surface area contributed by atoms with E-state index in [-0.39, 0.29) is 5.82 Å². The van der Waals surface area contributed by atoms with Crippen molar-refractivity contribution in [2.45, 2.75) is 46.1 Å². The lowest BCUT2D eigenvalue weighted by Gasteiger charge is -2.22. The minimum absolute atomic E-state index is 0.0585. The highest BCUT2D eigenvalue weighted by atomic mass is 19.1. The number of nitrogens with one attached hydrogen (secondary N) is 1. The minimum Gasteiger partial charge on any atom is -0.312 e. The Bertz CT molecular complexity index is 445. The molecular weight excluding hydrogens is 237 g/mol. The summed E-state index contributed by atoms with van der Waals surface area (Å²) in [7, 11) is 0. The van der Waals surface area contributed by atoms with Crippen LogP contribution in [0.15, 0.2) is 12.1 Å². The van der Waals surface area contributed by atoms with Gasteiger partial charge in [0.05, 0.1) is 0 Å². The minimum atomic E-state index is -0.0585. The van der Waals surface area contributed by atoms with Gasteiger partial charge >= 0.3 is 0 Å². The predicted molar refractivity (Wildman–Crippen MR) is 76.5 cm³/mol. The average Bonchev–Trinajstić information content (AvgIpc) is 2.98. The largest absolute Gasteiger partial charge is 0.312 e. The van der Waals surface area contributed by atoms with Crippen LogP contribution in [-0.4, -0.2) is 6.54 Å². The Labute approximate surface area is 115 Å². The Hall–Kier alpha value is -0.890. The average molecular weight is 261 g/mol. The first kappa shape index (κ1) is 13.1. The first-order valence-corrected chi connectivity index (χ1v) is 7.60. The summed E-state index contributed by atoms with van der Waals surface area (Å²) in [4.78, 5) is 0. The third-order valence-electron chi connectivity index (χ3n) is 5.12. The van der Waals surface area contributed by atoms with Crippen molar-refractivity contribution in [1.82, 2.24) is 5.32 Å². The Morgan fingerprint density at radius 2 is 1.89 bits per heavy atom. The molecule has 3 atom stereocenters. The zero-order chi connectivity index (χ0) is 13.4. The van der Waals surface area contributed by atoms with Crippen molar-refractivity contribution in [3.8, 4) is 0 Å². The van der Waals surface area contributed by atoms with E-state index in [1.54, 1.807) is 0 Å². The predicted octanol–water partition coefficient (Wildman–Crippen LogP) is 3.97. The van der Waals surface area contributed by atoms with Gasteiger partial charge in [-0.25, -0.2) is 4.39 Å². The molecule has 3 unspecified atom stereocenters. The molecule has 0 aromatic heterocycles. The molecule has 0 heterocycles. The first-order valence-electron chi connectivity index (χ1n) is 7.60. The van der Waals surface area contributed by atoms with Crippen LogP contribution in [0.3, 0.4) is 0 Å². The number of fused-ring (bicyclic) bond motifs is 2. The quantitative estimate of drug-likeness (QED) is 0.865. The molecule has 2 aliphatic carbocycles. The van der Waals surface area contributed by atoms with E-state index >= 15 is 0 Å². The molecular formula is C17H24FN. The smallest absolute Gasteiger partial charge is 0.129 e. The molecule has 3 rings (SSSR count). The molecule has 0 amide bonds. The van der Waals surface area contributed by atoms with Crippen LogP contribution in [-0.2, 0) is 6.54 Å². The standard InChI is InChI=1S/C17H24FN/c1-11-5-14(6-12(2)17(11)18)9-19-10-16-8-13-3-4-15(16)7-13/h5-6,13,15-16,19H,3-4,7-10H2,1-2H3. The number of benzene rings is 1. The molecule has 19 heavy (non-hydrogen) atoms. The molecule has 0 radical (unpaired) electrons. The van der Waals surface area contributed by atoms with E-state index in [1.165, 1.54) is 31.2 Å². The second-order valence-corrected chi connectivity index (χ2v) is 6.61. The lowest BCUT2D eigenvalue weighted by Crippen LogP contribution is -2.26. The van der Waals surface area contributed by atoms with Crippen molar-refractivity contribution in [3.05, 3.63) is 34.6 Å². The topological polar surface area (TPSA) is 12.0 Å². The third-order valence-corrected chi connectivity index (χ3v) is 5.12. The van der Waals surface area contributed by atoms with E-state index in [4.69, 9.17) is 0 Å². The molecule has 1 aromatic carbocycles. The van der Waals surface area contributed by atoms with Gasteiger partial charge < -0.3 is 5.32 Å². The van der Waals surface area contributed by atoms with Gasteiger partial charge in [-0.05, 0) is 74.1 Å². The molecule has 104 valence electrons. The Morgan fingerprint density at radius 3 is 2.47 bits per heavy atom. The molecule has 1 aromatic rings. The van der Waals surface area contributed by atoms with E-state index < -0.39 is 0 Å². The van der Waals surface area contributed by atoms with Gasteiger partial charge in [0.15, 0.2) is 0 Å². The van der Waals surface area contributed by atoms with Gasteiger partial charge in [-0.2, -0.15) is 0 Å². The summed E-state index contributed by atoms with van der Waals surface area (Å²) in [6.07, 6.45) is 5.82. The number of aryl methyl sites for hydroxylation is 2. The summed E-state index contributed by atoms with van der Waals surface area (Å²) in [5.74, 6) is 2.83. The zero-order valence-corrected chi connectivity index (χ0v) is 12.0. The molecule has 2 fully saturated rings. The van der Waals surface area contributed by atoms with E-state index in [1.807, 2.05) is 26.0 Å². The van der Waals surface area contributed by atoms with Crippen LogP contribution < -0.4 is 5.32 Å². The van der Waals surface area contributed by atoms with Gasteiger partial charge in [-0.1, -0.05) is 18.6 Å². The summed E-state index contributed by atoms with van der Waals surface area (Å²) < 4.78 is 13.6. The van der Waals surface area contributed by atoms with Crippen LogP contribution in [0.1, 0.15) is 42.4 Å². The van der Waals surface area contributed by atoms with Gasteiger partial charge in [-0.15, -0.1) is 0 Å². The fourth-order valence-electron chi connectivity index (χ4n) is 4.17. The van der Waals surface area contributed by atoms with Gasteiger partial charge in [0.2, 0.25) is 0 Å².